The van der Waals surface area contributed by atoms with Crippen LogP contribution in [0.5, 0.6) is 0 Å². The van der Waals surface area contributed by atoms with E-state index in [9.17, 15) is 22.4 Å². The first-order valence-corrected chi connectivity index (χ1v) is 7.39. The van der Waals surface area contributed by atoms with Gasteiger partial charge in [-0.1, -0.05) is 11.2 Å². The highest BCUT2D eigenvalue weighted by Gasteiger charge is 2.38. The fraction of sp³-hybridized carbons (Fsp3) is 0.400. The van der Waals surface area contributed by atoms with Crippen LogP contribution in [0.15, 0.2) is 22.7 Å². The average molecular weight is 361 g/mol. The summed E-state index contributed by atoms with van der Waals surface area (Å²) in [4.78, 5) is 15.1. The van der Waals surface area contributed by atoms with Gasteiger partial charge in [-0.25, -0.2) is 4.39 Å². The molecule has 0 unspecified atom stereocenters. The first-order valence-electron chi connectivity index (χ1n) is 7.39. The number of alkyl halides is 3. The minimum Gasteiger partial charge on any atom is -0.382 e. The van der Waals surface area contributed by atoms with Crippen LogP contribution in [0.2, 0.25) is 0 Å². The van der Waals surface area contributed by atoms with Crippen LogP contribution in [0.1, 0.15) is 29.6 Å². The van der Waals surface area contributed by atoms with Crippen molar-refractivity contribution >= 4 is 5.91 Å². The molecule has 1 N–H and O–H groups in total. The molecule has 0 radical (unpaired) electrons. The Hall–Kier alpha value is -2.49. The van der Waals surface area contributed by atoms with Gasteiger partial charge in [0.2, 0.25) is 5.82 Å². The van der Waals surface area contributed by atoms with Gasteiger partial charge in [-0.3, -0.25) is 4.79 Å². The molecule has 0 fully saturated rings. The van der Waals surface area contributed by atoms with Gasteiger partial charge < -0.3 is 14.6 Å². The molecule has 2 rings (SSSR count). The molecule has 0 saturated heterocycles. The maximum absolute atomic E-state index is 14.1. The van der Waals surface area contributed by atoms with Crippen molar-refractivity contribution in [2.45, 2.75) is 19.5 Å². The van der Waals surface area contributed by atoms with Crippen LogP contribution in [0.3, 0.4) is 0 Å². The Balaban J connectivity index is 2.05. The van der Waals surface area contributed by atoms with Crippen LogP contribution >= 0.6 is 0 Å². The molecule has 10 heteroatoms. The summed E-state index contributed by atoms with van der Waals surface area (Å²) >= 11 is 0. The molecule has 0 bridgehead atoms. The van der Waals surface area contributed by atoms with E-state index in [1.54, 1.807) is 0 Å². The molecule has 1 aromatic heterocycles. The van der Waals surface area contributed by atoms with Crippen LogP contribution in [0.25, 0.3) is 11.4 Å². The number of hydrogen-bond acceptors (Lipinski definition) is 5. The first kappa shape index (κ1) is 18.8. The van der Waals surface area contributed by atoms with Crippen molar-refractivity contribution in [1.29, 1.82) is 0 Å². The lowest BCUT2D eigenvalue weighted by Gasteiger charge is -2.07. The van der Waals surface area contributed by atoms with Crippen molar-refractivity contribution in [2.75, 3.05) is 19.8 Å². The Bertz CT molecular complexity index is 731. The summed E-state index contributed by atoms with van der Waals surface area (Å²) in [5.41, 5.74) is -0.274. The molecule has 136 valence electrons. The number of rotatable bonds is 7. The highest BCUT2D eigenvalue weighted by atomic mass is 19.4. The van der Waals surface area contributed by atoms with Crippen molar-refractivity contribution in [3.63, 3.8) is 0 Å². The molecule has 25 heavy (non-hydrogen) atoms. The predicted molar refractivity (Wildman–Crippen MR) is 78.1 cm³/mol. The smallest absolute Gasteiger partial charge is 0.382 e. The molecule has 1 amide bonds. The van der Waals surface area contributed by atoms with Gasteiger partial charge >= 0.3 is 12.1 Å². The zero-order chi connectivity index (χ0) is 18.4. The van der Waals surface area contributed by atoms with E-state index in [4.69, 9.17) is 4.74 Å². The van der Waals surface area contributed by atoms with Crippen molar-refractivity contribution in [3.8, 4) is 11.4 Å². The number of nitrogens with one attached hydrogen (secondary N) is 1. The molecule has 2 aromatic rings. The highest BCUT2D eigenvalue weighted by Crippen LogP contribution is 2.29. The van der Waals surface area contributed by atoms with E-state index in [2.05, 4.69) is 20.0 Å². The highest BCUT2D eigenvalue weighted by molar-refractivity contribution is 5.94. The van der Waals surface area contributed by atoms with Gasteiger partial charge in [-0.15, -0.1) is 0 Å². The summed E-state index contributed by atoms with van der Waals surface area (Å²) in [6.07, 6.45) is -4.21. The molecule has 0 spiro atoms. The first-order chi connectivity index (χ1) is 11.8. The minimum absolute atomic E-state index is 0.0374. The Labute approximate surface area is 140 Å². The number of aromatic nitrogens is 2. The molecular formula is C15H15F4N3O3. The second-order valence-electron chi connectivity index (χ2n) is 4.92. The SMILES string of the molecule is CCOCCCNC(=O)c1ccc(-c2noc(C(F)(F)F)n2)cc1F. The van der Waals surface area contributed by atoms with Crippen LogP contribution < -0.4 is 5.32 Å². The number of amides is 1. The van der Waals surface area contributed by atoms with Crippen molar-refractivity contribution in [1.82, 2.24) is 15.5 Å². The van der Waals surface area contributed by atoms with Crippen LogP contribution in [-0.4, -0.2) is 35.8 Å². The van der Waals surface area contributed by atoms with Crippen LogP contribution in [0, 0.1) is 5.82 Å². The number of hydrogen-bond donors (Lipinski definition) is 1. The zero-order valence-electron chi connectivity index (χ0n) is 13.2. The third-order valence-electron chi connectivity index (χ3n) is 3.10. The maximum Gasteiger partial charge on any atom is 0.471 e. The van der Waals surface area contributed by atoms with Crippen molar-refractivity contribution in [2.24, 2.45) is 0 Å². The fourth-order valence-electron chi connectivity index (χ4n) is 1.91. The predicted octanol–water partition coefficient (Wildman–Crippen LogP) is 3.05. The second-order valence-corrected chi connectivity index (χ2v) is 4.92. The Kier molecular flexibility index (Phi) is 6.07. The molecule has 0 atom stereocenters. The monoisotopic (exact) mass is 361 g/mol. The van der Waals surface area contributed by atoms with E-state index in [0.29, 0.717) is 26.2 Å². The quantitative estimate of drug-likeness (QED) is 0.606. The lowest BCUT2D eigenvalue weighted by molar-refractivity contribution is -0.159. The van der Waals surface area contributed by atoms with Crippen LogP contribution in [-0.2, 0) is 10.9 Å². The summed E-state index contributed by atoms with van der Waals surface area (Å²) in [5.74, 6) is -3.49. The summed E-state index contributed by atoms with van der Waals surface area (Å²) < 4.78 is 60.5. The van der Waals surface area contributed by atoms with Crippen molar-refractivity contribution < 1.29 is 31.6 Å². The fourth-order valence-corrected chi connectivity index (χ4v) is 1.91. The lowest BCUT2D eigenvalue weighted by Crippen LogP contribution is -2.26. The van der Waals surface area contributed by atoms with Gasteiger partial charge in [0.05, 0.1) is 5.56 Å². The van der Waals surface area contributed by atoms with Crippen LogP contribution in [0.4, 0.5) is 17.6 Å². The summed E-state index contributed by atoms with van der Waals surface area (Å²) in [6.45, 7) is 3.18. The van der Waals surface area contributed by atoms with E-state index in [0.717, 1.165) is 12.1 Å². The lowest BCUT2D eigenvalue weighted by atomic mass is 10.1. The number of ether oxygens (including phenoxy) is 1. The Morgan fingerprint density at radius 1 is 1.36 bits per heavy atom. The average Bonchev–Trinajstić information content (AvgIpc) is 3.04. The summed E-state index contributed by atoms with van der Waals surface area (Å²) in [5, 5.41) is 5.68. The molecule has 0 aliphatic rings. The van der Waals surface area contributed by atoms with Gasteiger partial charge in [0.1, 0.15) is 5.82 Å². The number of halogens is 4. The van der Waals surface area contributed by atoms with E-state index in [-0.39, 0.29) is 11.1 Å². The van der Waals surface area contributed by atoms with Crippen molar-refractivity contribution in [3.05, 3.63) is 35.5 Å². The number of nitrogens with zero attached hydrogens (tertiary/aromatic N) is 2. The van der Waals surface area contributed by atoms with Gasteiger partial charge in [0, 0.05) is 25.3 Å². The molecule has 0 aliphatic carbocycles. The Morgan fingerprint density at radius 2 is 2.12 bits per heavy atom. The normalized spacial score (nSPS) is 11.6. The largest absolute Gasteiger partial charge is 0.471 e. The van der Waals surface area contributed by atoms with Gasteiger partial charge in [0.15, 0.2) is 0 Å². The molecule has 1 heterocycles. The standard InChI is InChI=1S/C15H15F4N3O3/c1-2-24-7-3-6-20-13(23)10-5-4-9(8-11(10)16)12-21-14(25-22-12)15(17,18)19/h4-5,8H,2-3,6-7H2,1H3,(H,20,23). The third-order valence-corrected chi connectivity index (χ3v) is 3.10. The number of benzene rings is 1. The summed E-state index contributed by atoms with van der Waals surface area (Å²) in [6, 6.07) is 3.26. The minimum atomic E-state index is -4.79. The molecular weight excluding hydrogens is 346 g/mol. The van der Waals surface area contributed by atoms with E-state index in [1.807, 2.05) is 6.92 Å². The molecule has 1 aromatic carbocycles. The summed E-state index contributed by atoms with van der Waals surface area (Å²) in [7, 11) is 0. The third kappa shape index (κ3) is 4.99. The molecule has 6 nitrogen and oxygen atoms in total. The zero-order valence-corrected chi connectivity index (χ0v) is 13.2. The Morgan fingerprint density at radius 3 is 2.72 bits per heavy atom. The van der Waals surface area contributed by atoms with E-state index in [1.165, 1.54) is 6.07 Å². The second kappa shape index (κ2) is 8.06. The van der Waals surface area contributed by atoms with Gasteiger partial charge in [-0.2, -0.15) is 18.2 Å². The van der Waals surface area contributed by atoms with E-state index >= 15 is 0 Å². The van der Waals surface area contributed by atoms with Gasteiger partial charge in [0.25, 0.3) is 5.91 Å². The maximum atomic E-state index is 14.1. The van der Waals surface area contributed by atoms with Gasteiger partial charge in [-0.05, 0) is 25.5 Å². The molecule has 0 saturated carbocycles. The number of carbonyl (C=O) groups excluding carboxylic acids is 1. The topological polar surface area (TPSA) is 77.2 Å². The van der Waals surface area contributed by atoms with E-state index < -0.39 is 29.6 Å². The molecule has 0 aliphatic heterocycles. The number of carbonyl (C=O) groups is 1.